The normalized spacial score (nSPS) is 26.6. The van der Waals surface area contributed by atoms with Crippen LogP contribution >= 0.6 is 23.1 Å². The number of hydrogen-bond donors (Lipinski definition) is 1. The Labute approximate surface area is 135 Å². The molecule has 3 nitrogen and oxygen atoms in total. The van der Waals surface area contributed by atoms with Gasteiger partial charge in [-0.05, 0) is 49.2 Å². The van der Waals surface area contributed by atoms with Crippen molar-refractivity contribution in [3.8, 4) is 0 Å². The molecule has 21 heavy (non-hydrogen) atoms. The highest BCUT2D eigenvalue weighted by atomic mass is 32.2. The lowest BCUT2D eigenvalue weighted by Gasteiger charge is -2.11. The second kappa shape index (κ2) is 6.69. The van der Waals surface area contributed by atoms with Crippen LogP contribution in [0.5, 0.6) is 0 Å². The average Bonchev–Trinajstić information content (AvgIpc) is 2.85. The Hall–Kier alpha value is -0.550. The monoisotopic (exact) mass is 324 g/mol. The number of carbonyl (C=O) groups is 1. The van der Waals surface area contributed by atoms with Gasteiger partial charge >= 0.3 is 0 Å². The zero-order chi connectivity index (χ0) is 14.7. The first-order chi connectivity index (χ1) is 10.2. The van der Waals surface area contributed by atoms with Crippen molar-refractivity contribution in [1.29, 1.82) is 0 Å². The number of nitrogens with zero attached hydrogens (tertiary/aromatic N) is 1. The predicted octanol–water partition coefficient (Wildman–Crippen LogP) is 4.35. The number of fused-ring (bicyclic) bond motifs is 1. The van der Waals surface area contributed by atoms with E-state index in [4.69, 9.17) is 0 Å². The minimum atomic E-state index is 0.0405. The molecule has 2 saturated carbocycles. The van der Waals surface area contributed by atoms with Gasteiger partial charge in [0, 0.05) is 6.54 Å². The highest BCUT2D eigenvalue weighted by Crippen LogP contribution is 2.66. The van der Waals surface area contributed by atoms with Crippen molar-refractivity contribution >= 4 is 29.0 Å². The van der Waals surface area contributed by atoms with Gasteiger partial charge in [0.2, 0.25) is 0 Å². The largest absolute Gasteiger partial charge is 0.351 e. The first-order valence-electron chi connectivity index (χ1n) is 8.10. The van der Waals surface area contributed by atoms with E-state index in [9.17, 15) is 4.79 Å². The Morgan fingerprint density at radius 1 is 1.57 bits per heavy atom. The summed E-state index contributed by atoms with van der Waals surface area (Å²) in [6.07, 6.45) is 11.3. The van der Waals surface area contributed by atoms with Gasteiger partial charge in [0.25, 0.3) is 5.91 Å². The molecule has 5 heteroatoms. The lowest BCUT2D eigenvalue weighted by atomic mass is 9.96. The quantitative estimate of drug-likeness (QED) is 0.571. The fourth-order valence-electron chi connectivity index (χ4n) is 3.72. The average molecular weight is 325 g/mol. The first-order valence-corrected chi connectivity index (χ1v) is 9.90. The molecule has 1 N–H and O–H groups in total. The van der Waals surface area contributed by atoms with Crippen molar-refractivity contribution in [2.75, 3.05) is 12.3 Å². The second-order valence-electron chi connectivity index (χ2n) is 6.29. The number of rotatable bonds is 8. The van der Waals surface area contributed by atoms with Gasteiger partial charge in [-0.1, -0.05) is 31.5 Å². The Morgan fingerprint density at radius 2 is 2.48 bits per heavy atom. The van der Waals surface area contributed by atoms with Crippen molar-refractivity contribution in [2.45, 2.75) is 56.2 Å². The maximum atomic E-state index is 12.0. The van der Waals surface area contributed by atoms with Crippen LogP contribution in [-0.2, 0) is 0 Å². The molecule has 0 aromatic carbocycles. The maximum Gasteiger partial charge on any atom is 0.263 e. The van der Waals surface area contributed by atoms with Crippen LogP contribution in [0.15, 0.2) is 10.5 Å². The van der Waals surface area contributed by atoms with Gasteiger partial charge in [-0.2, -0.15) is 0 Å². The van der Waals surface area contributed by atoms with E-state index in [1.165, 1.54) is 49.9 Å². The van der Waals surface area contributed by atoms with Crippen LogP contribution in [0.3, 0.4) is 0 Å². The Balaban J connectivity index is 1.32. The molecule has 3 rings (SSSR count). The van der Waals surface area contributed by atoms with Gasteiger partial charge in [-0.3, -0.25) is 4.79 Å². The van der Waals surface area contributed by atoms with E-state index in [0.717, 1.165) is 39.3 Å². The smallest absolute Gasteiger partial charge is 0.263 e. The Kier molecular flexibility index (Phi) is 4.89. The Morgan fingerprint density at radius 3 is 3.19 bits per heavy atom. The van der Waals surface area contributed by atoms with Gasteiger partial charge in [0.1, 0.15) is 4.88 Å². The third kappa shape index (κ3) is 3.62. The van der Waals surface area contributed by atoms with Crippen molar-refractivity contribution in [3.05, 3.63) is 11.1 Å². The highest BCUT2D eigenvalue weighted by Gasteiger charge is 2.55. The van der Waals surface area contributed by atoms with E-state index in [2.05, 4.69) is 17.2 Å². The number of nitrogens with one attached hydrogen (secondary N) is 1. The number of thioether (sulfide) groups is 1. The third-order valence-electron chi connectivity index (χ3n) is 4.95. The van der Waals surface area contributed by atoms with Crippen molar-refractivity contribution in [3.63, 3.8) is 0 Å². The van der Waals surface area contributed by atoms with Crippen molar-refractivity contribution in [2.24, 2.45) is 11.3 Å². The van der Waals surface area contributed by atoms with E-state index in [-0.39, 0.29) is 5.91 Å². The third-order valence-corrected chi connectivity index (χ3v) is 6.98. The molecule has 116 valence electrons. The van der Waals surface area contributed by atoms with Crippen molar-refractivity contribution < 1.29 is 4.79 Å². The van der Waals surface area contributed by atoms with Crippen molar-refractivity contribution in [1.82, 2.24) is 10.3 Å². The van der Waals surface area contributed by atoms with Crippen LogP contribution in [0.2, 0.25) is 0 Å². The SMILES string of the molecule is CCSc1ncc(C(=O)NCCCCC23CCCC2C3)s1. The van der Waals surface area contributed by atoms with Gasteiger partial charge in [0.05, 0.1) is 6.20 Å². The molecular weight excluding hydrogens is 300 g/mol. The molecule has 2 unspecified atom stereocenters. The molecule has 1 aromatic heterocycles. The summed E-state index contributed by atoms with van der Waals surface area (Å²) in [5.41, 5.74) is 0.744. The molecule has 0 saturated heterocycles. The van der Waals surface area contributed by atoms with E-state index >= 15 is 0 Å². The summed E-state index contributed by atoms with van der Waals surface area (Å²) in [5.74, 6) is 2.09. The minimum absolute atomic E-state index is 0.0405. The van der Waals surface area contributed by atoms with Crippen LogP contribution in [-0.4, -0.2) is 23.2 Å². The molecule has 0 aliphatic heterocycles. The number of amides is 1. The summed E-state index contributed by atoms with van der Waals surface area (Å²) in [6, 6.07) is 0. The first kappa shape index (κ1) is 15.3. The Bertz CT molecular complexity index is 502. The van der Waals surface area contributed by atoms with Crippen LogP contribution < -0.4 is 5.32 Å². The van der Waals surface area contributed by atoms with Gasteiger partial charge in [-0.25, -0.2) is 4.98 Å². The van der Waals surface area contributed by atoms with E-state index in [0.29, 0.717) is 0 Å². The standard InChI is InChI=1S/C16H24N2OS2/c1-2-20-15-18-11-13(21-15)14(19)17-9-4-3-7-16-8-5-6-12(16)10-16/h11-12H,2-10H2,1H3,(H,17,19). The number of hydrogen-bond acceptors (Lipinski definition) is 4. The van der Waals surface area contributed by atoms with Gasteiger partial charge in [0.15, 0.2) is 4.34 Å². The molecule has 1 heterocycles. The lowest BCUT2D eigenvalue weighted by molar-refractivity contribution is 0.0956. The summed E-state index contributed by atoms with van der Waals surface area (Å²) < 4.78 is 0.989. The lowest BCUT2D eigenvalue weighted by Crippen LogP contribution is -2.23. The fourth-order valence-corrected chi connectivity index (χ4v) is 5.52. The summed E-state index contributed by atoms with van der Waals surface area (Å²) in [7, 11) is 0. The van der Waals surface area contributed by atoms with Crippen LogP contribution in [0.4, 0.5) is 0 Å². The summed E-state index contributed by atoms with van der Waals surface area (Å²) in [4.78, 5) is 17.0. The molecule has 2 fully saturated rings. The number of unbranched alkanes of at least 4 members (excludes halogenated alkanes) is 1. The molecule has 2 aliphatic carbocycles. The topological polar surface area (TPSA) is 42.0 Å². The maximum absolute atomic E-state index is 12.0. The molecule has 1 aromatic rings. The summed E-state index contributed by atoms with van der Waals surface area (Å²) >= 11 is 3.19. The minimum Gasteiger partial charge on any atom is -0.351 e. The van der Waals surface area contributed by atoms with Gasteiger partial charge < -0.3 is 5.32 Å². The summed E-state index contributed by atoms with van der Waals surface area (Å²) in [6.45, 7) is 2.90. The zero-order valence-electron chi connectivity index (χ0n) is 12.7. The molecule has 0 spiro atoms. The molecule has 0 radical (unpaired) electrons. The molecule has 1 amide bonds. The second-order valence-corrected chi connectivity index (χ2v) is 8.83. The highest BCUT2D eigenvalue weighted by molar-refractivity contribution is 8.01. The summed E-state index contributed by atoms with van der Waals surface area (Å²) in [5, 5.41) is 3.03. The molecule has 0 bridgehead atoms. The van der Waals surface area contributed by atoms with Crippen LogP contribution in [0.25, 0.3) is 0 Å². The van der Waals surface area contributed by atoms with Crippen LogP contribution in [0.1, 0.15) is 61.5 Å². The number of aromatic nitrogens is 1. The molecular formula is C16H24N2OS2. The van der Waals surface area contributed by atoms with Gasteiger partial charge in [-0.15, -0.1) is 11.3 Å². The fraction of sp³-hybridized carbons (Fsp3) is 0.750. The van der Waals surface area contributed by atoms with E-state index < -0.39 is 0 Å². The molecule has 2 atom stereocenters. The zero-order valence-corrected chi connectivity index (χ0v) is 14.3. The van der Waals surface area contributed by atoms with Crippen LogP contribution in [0, 0.1) is 11.3 Å². The van der Waals surface area contributed by atoms with E-state index in [1.54, 1.807) is 18.0 Å². The van der Waals surface area contributed by atoms with E-state index in [1.807, 2.05) is 0 Å². The predicted molar refractivity (Wildman–Crippen MR) is 89.1 cm³/mol. The number of thiazole rings is 1. The number of carbonyl (C=O) groups excluding carboxylic acids is 1. The molecule has 2 aliphatic rings.